The van der Waals surface area contributed by atoms with Gasteiger partial charge in [0.25, 0.3) is 0 Å². The lowest BCUT2D eigenvalue weighted by atomic mass is 9.56. The Morgan fingerprint density at radius 3 is 1.96 bits per heavy atom. The monoisotopic (exact) mass is 680 g/mol. The molecule has 0 aromatic rings. The highest BCUT2D eigenvalue weighted by Crippen LogP contribution is 2.55. The quantitative estimate of drug-likeness (QED) is 0.132. The van der Waals surface area contributed by atoms with Crippen LogP contribution in [0.2, 0.25) is 0 Å². The number of ether oxygens (including phenoxy) is 6. The van der Waals surface area contributed by atoms with Crippen molar-refractivity contribution < 1.29 is 62.9 Å². The number of aliphatic hydroxyl groups excluding tert-OH is 2. The fourth-order valence-electron chi connectivity index (χ4n) is 6.66. The van der Waals surface area contributed by atoms with Gasteiger partial charge in [0.1, 0.15) is 18.3 Å². The number of carbonyl (C=O) groups is 4. The first-order chi connectivity index (χ1) is 22.2. The van der Waals surface area contributed by atoms with Crippen LogP contribution < -0.4 is 0 Å². The fraction of sp³-hybridized carbons (Fsp3) is 0.714. The van der Waals surface area contributed by atoms with Crippen LogP contribution in [0.3, 0.4) is 0 Å². The summed E-state index contributed by atoms with van der Waals surface area (Å²) < 4.78 is 35.0. The van der Waals surface area contributed by atoms with Crippen molar-refractivity contribution in [3.05, 3.63) is 34.4 Å². The maximum Gasteiger partial charge on any atom is 0.333 e. The minimum Gasteiger partial charge on any atom is -0.461 e. The van der Waals surface area contributed by atoms with Gasteiger partial charge in [-0.25, -0.2) is 9.59 Å². The molecule has 0 bridgehead atoms. The molecular formula is C35H52O13. The molecule has 3 aliphatic rings. The molecule has 3 rings (SSSR count). The summed E-state index contributed by atoms with van der Waals surface area (Å²) in [7, 11) is 0. The number of hydrogen-bond acceptors (Lipinski definition) is 13. The topological polar surface area (TPSA) is 184 Å². The van der Waals surface area contributed by atoms with Crippen LogP contribution >= 0.6 is 0 Å². The molecule has 13 nitrogen and oxygen atoms in total. The summed E-state index contributed by atoms with van der Waals surface area (Å²) in [5.41, 5.74) is -3.02. The summed E-state index contributed by atoms with van der Waals surface area (Å²) in [5.74, 6) is -2.78. The maximum absolute atomic E-state index is 13.1. The highest BCUT2D eigenvalue weighted by atomic mass is 16.7. The van der Waals surface area contributed by atoms with Gasteiger partial charge in [-0.05, 0) is 90.7 Å². The first kappa shape index (κ1) is 39.3. The Morgan fingerprint density at radius 2 is 1.44 bits per heavy atom. The molecule has 13 heteroatoms. The van der Waals surface area contributed by atoms with Gasteiger partial charge in [-0.3, -0.25) is 9.59 Å². The number of allylic oxidation sites excluding steroid dienone is 2. The average Bonchev–Trinajstić information content (AvgIpc) is 3.01. The molecule has 3 N–H and O–H groups in total. The lowest BCUT2D eigenvalue weighted by molar-refractivity contribution is -0.345. The molecule has 1 heterocycles. The van der Waals surface area contributed by atoms with Crippen molar-refractivity contribution in [2.24, 2.45) is 5.41 Å². The van der Waals surface area contributed by atoms with E-state index >= 15 is 0 Å². The van der Waals surface area contributed by atoms with E-state index in [-0.39, 0.29) is 24.2 Å². The van der Waals surface area contributed by atoms with Gasteiger partial charge in [0.15, 0.2) is 24.6 Å². The lowest BCUT2D eigenvalue weighted by Gasteiger charge is -2.56. The lowest BCUT2D eigenvalue weighted by Crippen LogP contribution is -2.68. The van der Waals surface area contributed by atoms with Crippen molar-refractivity contribution in [2.45, 2.75) is 149 Å². The smallest absolute Gasteiger partial charge is 0.333 e. The van der Waals surface area contributed by atoms with Crippen molar-refractivity contribution >= 4 is 23.9 Å². The molecule has 0 spiro atoms. The maximum atomic E-state index is 13.1. The molecule has 1 aliphatic heterocycles. The largest absolute Gasteiger partial charge is 0.461 e. The standard InChI is InChI=1S/C35H52O13/c1-11-18(3)30(40)46-26-20(5)44-32(28(27(26)45-22(7)37)47-31(41)19(4)12-2)48-33(8,9)35(42)16-15-34(10)14-13-24(38)23(17-43-21(6)36)25(34)29(35)39/h11-12,20,24,26-29,32,38-39,42H,13-17H2,1-10H3/b18-11-,19-12-/t20-,24-,26+,27+,28-,29+,32?,34-,35-/m1/s1. The van der Waals surface area contributed by atoms with Gasteiger partial charge in [-0.15, -0.1) is 0 Å². The number of carbonyl (C=O) groups excluding carboxylic acids is 4. The van der Waals surface area contributed by atoms with Gasteiger partial charge in [0, 0.05) is 25.0 Å². The van der Waals surface area contributed by atoms with Gasteiger partial charge >= 0.3 is 23.9 Å². The van der Waals surface area contributed by atoms with E-state index in [0.29, 0.717) is 30.4 Å². The molecule has 270 valence electrons. The molecule has 2 aliphatic carbocycles. The summed E-state index contributed by atoms with van der Waals surface area (Å²) in [6.07, 6.45) is -4.61. The van der Waals surface area contributed by atoms with Crippen LogP contribution in [0.4, 0.5) is 0 Å². The molecule has 9 atom stereocenters. The molecule has 1 unspecified atom stereocenters. The van der Waals surface area contributed by atoms with Crippen molar-refractivity contribution in [2.75, 3.05) is 6.61 Å². The van der Waals surface area contributed by atoms with Crippen LogP contribution in [0.15, 0.2) is 34.4 Å². The van der Waals surface area contributed by atoms with Crippen LogP contribution in [0.1, 0.15) is 94.9 Å². The van der Waals surface area contributed by atoms with Gasteiger partial charge in [0.2, 0.25) is 0 Å². The second-order valence-electron chi connectivity index (χ2n) is 13.8. The molecule has 0 radical (unpaired) electrons. The Labute approximate surface area is 282 Å². The highest BCUT2D eigenvalue weighted by Gasteiger charge is 2.61. The van der Waals surface area contributed by atoms with E-state index in [1.807, 2.05) is 6.92 Å². The molecule has 0 aromatic heterocycles. The highest BCUT2D eigenvalue weighted by molar-refractivity contribution is 5.88. The number of hydrogen-bond donors (Lipinski definition) is 3. The van der Waals surface area contributed by atoms with Crippen molar-refractivity contribution in [1.82, 2.24) is 0 Å². The summed E-state index contributed by atoms with van der Waals surface area (Å²) in [5, 5.41) is 35.2. The number of rotatable bonds is 10. The molecule has 1 saturated carbocycles. The zero-order valence-electron chi connectivity index (χ0n) is 29.7. The SMILES string of the molecule is C/C=C(/C)C(=O)O[C@@H]1[C@H](OC(C)=O)[C@@H](OC(=O)/C(C)=C\C)C(OC(C)(C)[C@@]2(O)CC[C@@]3(C)CC[C@@H](O)C(COC(C)=O)=C3[C@@H]2O)O[C@@H]1C. The minimum atomic E-state index is -2.00. The number of fused-ring (bicyclic) bond motifs is 1. The van der Waals surface area contributed by atoms with E-state index in [4.69, 9.17) is 28.4 Å². The third-order valence-electron chi connectivity index (χ3n) is 10.1. The molecule has 0 aromatic carbocycles. The fourth-order valence-corrected chi connectivity index (χ4v) is 6.66. The van der Waals surface area contributed by atoms with E-state index in [2.05, 4.69) is 0 Å². The zero-order chi connectivity index (χ0) is 36.4. The third-order valence-corrected chi connectivity index (χ3v) is 10.1. The summed E-state index contributed by atoms with van der Waals surface area (Å²) >= 11 is 0. The summed E-state index contributed by atoms with van der Waals surface area (Å²) in [6, 6.07) is 0. The zero-order valence-corrected chi connectivity index (χ0v) is 29.7. The normalized spacial score (nSPS) is 34.6. The van der Waals surface area contributed by atoms with Crippen LogP contribution in [0.25, 0.3) is 0 Å². The van der Waals surface area contributed by atoms with E-state index in [0.717, 1.165) is 6.92 Å². The van der Waals surface area contributed by atoms with Crippen LogP contribution in [-0.2, 0) is 47.6 Å². The Morgan fingerprint density at radius 1 is 0.875 bits per heavy atom. The summed E-state index contributed by atoms with van der Waals surface area (Å²) in [4.78, 5) is 50.0. The Hall–Kier alpha value is -3.10. The van der Waals surface area contributed by atoms with Gasteiger partial charge in [0.05, 0.1) is 17.8 Å². The van der Waals surface area contributed by atoms with E-state index in [9.17, 15) is 34.5 Å². The molecule has 1 saturated heterocycles. The van der Waals surface area contributed by atoms with Crippen molar-refractivity contribution in [3.8, 4) is 0 Å². The van der Waals surface area contributed by atoms with E-state index < -0.39 is 83.4 Å². The third kappa shape index (κ3) is 8.02. The summed E-state index contributed by atoms with van der Waals surface area (Å²) in [6.45, 7) is 15.1. The van der Waals surface area contributed by atoms with Crippen molar-refractivity contribution in [3.63, 3.8) is 0 Å². The molecule has 0 amide bonds. The number of esters is 4. The van der Waals surface area contributed by atoms with E-state index in [1.54, 1.807) is 33.8 Å². The molecule has 48 heavy (non-hydrogen) atoms. The Kier molecular flexibility index (Phi) is 12.5. The molecular weight excluding hydrogens is 628 g/mol. The first-order valence-corrected chi connectivity index (χ1v) is 16.4. The number of aliphatic hydroxyl groups is 3. The predicted octanol–water partition coefficient (Wildman–Crippen LogP) is 3.12. The minimum absolute atomic E-state index is 0.0682. The second kappa shape index (κ2) is 15.2. The molecule has 2 fully saturated rings. The average molecular weight is 681 g/mol. The van der Waals surface area contributed by atoms with Gasteiger partial charge < -0.3 is 43.7 Å². The van der Waals surface area contributed by atoms with Crippen LogP contribution in [-0.4, -0.2) is 99.9 Å². The van der Waals surface area contributed by atoms with Gasteiger partial charge in [-0.2, -0.15) is 0 Å². The van der Waals surface area contributed by atoms with Crippen LogP contribution in [0.5, 0.6) is 0 Å². The van der Waals surface area contributed by atoms with E-state index in [1.165, 1.54) is 33.8 Å². The van der Waals surface area contributed by atoms with Crippen LogP contribution in [0, 0.1) is 5.41 Å². The van der Waals surface area contributed by atoms with Gasteiger partial charge in [-0.1, -0.05) is 19.1 Å². The van der Waals surface area contributed by atoms with Crippen molar-refractivity contribution in [1.29, 1.82) is 0 Å². The second-order valence-corrected chi connectivity index (χ2v) is 13.8. The Bertz CT molecular complexity index is 1350. The first-order valence-electron chi connectivity index (χ1n) is 16.4. The predicted molar refractivity (Wildman–Crippen MR) is 171 cm³/mol. The Balaban J connectivity index is 2.08.